The Balaban J connectivity index is 3.52. The molecule has 0 aliphatic rings. The van der Waals surface area contributed by atoms with Crippen LogP contribution in [0.5, 0.6) is 0 Å². The molecule has 0 bridgehead atoms. The molecular formula is C33H65NO4. The number of ether oxygens (including phenoxy) is 2. The first kappa shape index (κ1) is 36.9. The molecule has 1 atom stereocenters. The molecule has 0 aliphatic carbocycles. The third-order valence-corrected chi connectivity index (χ3v) is 7.46. The Morgan fingerprint density at radius 2 is 0.816 bits per heavy atom. The molecule has 0 aliphatic heterocycles. The zero-order valence-electron chi connectivity index (χ0n) is 25.6. The molecule has 0 saturated heterocycles. The van der Waals surface area contributed by atoms with Crippen LogP contribution in [0.4, 0.5) is 0 Å². The van der Waals surface area contributed by atoms with E-state index in [-0.39, 0.29) is 25.1 Å². The summed E-state index contributed by atoms with van der Waals surface area (Å²) < 4.78 is 10.7. The molecule has 1 unspecified atom stereocenters. The number of hydrogen-bond acceptors (Lipinski definition) is 5. The van der Waals surface area contributed by atoms with Crippen LogP contribution in [0, 0.1) is 0 Å². The van der Waals surface area contributed by atoms with E-state index in [1.54, 1.807) is 0 Å². The van der Waals surface area contributed by atoms with Crippen molar-refractivity contribution in [2.75, 3.05) is 13.2 Å². The van der Waals surface area contributed by atoms with Gasteiger partial charge in [-0.2, -0.15) is 0 Å². The largest absolute Gasteiger partial charge is 0.462 e. The van der Waals surface area contributed by atoms with E-state index in [4.69, 9.17) is 15.2 Å². The summed E-state index contributed by atoms with van der Waals surface area (Å²) in [6.07, 6.45) is 30.8. The number of carbonyl (C=O) groups is 2. The van der Waals surface area contributed by atoms with E-state index in [1.807, 2.05) is 0 Å². The number of esters is 2. The molecule has 5 heteroatoms. The van der Waals surface area contributed by atoms with Crippen molar-refractivity contribution in [2.45, 2.75) is 187 Å². The van der Waals surface area contributed by atoms with Crippen molar-refractivity contribution in [1.82, 2.24) is 0 Å². The Labute approximate surface area is 236 Å². The van der Waals surface area contributed by atoms with Crippen molar-refractivity contribution in [2.24, 2.45) is 5.73 Å². The Morgan fingerprint density at radius 3 is 1.16 bits per heavy atom. The van der Waals surface area contributed by atoms with Gasteiger partial charge in [0.05, 0.1) is 0 Å². The van der Waals surface area contributed by atoms with Gasteiger partial charge in [0.25, 0.3) is 0 Å². The van der Waals surface area contributed by atoms with Gasteiger partial charge < -0.3 is 15.2 Å². The molecule has 0 amide bonds. The van der Waals surface area contributed by atoms with Crippen LogP contribution in [-0.2, 0) is 19.1 Å². The zero-order valence-corrected chi connectivity index (χ0v) is 25.6. The van der Waals surface area contributed by atoms with E-state index in [0.29, 0.717) is 12.8 Å². The molecule has 38 heavy (non-hydrogen) atoms. The summed E-state index contributed by atoms with van der Waals surface area (Å²) in [7, 11) is 0. The summed E-state index contributed by atoms with van der Waals surface area (Å²) in [5.74, 6) is -0.449. The second-order valence-electron chi connectivity index (χ2n) is 11.3. The van der Waals surface area contributed by atoms with Gasteiger partial charge in [-0.15, -0.1) is 0 Å². The molecule has 2 N–H and O–H groups in total. The zero-order chi connectivity index (χ0) is 27.9. The Hall–Kier alpha value is -1.10. The van der Waals surface area contributed by atoms with Gasteiger partial charge in [0.2, 0.25) is 0 Å². The average Bonchev–Trinajstić information content (AvgIpc) is 2.92. The summed E-state index contributed by atoms with van der Waals surface area (Å²) in [5, 5.41) is 0. The van der Waals surface area contributed by atoms with Crippen LogP contribution in [0.2, 0.25) is 0 Å². The number of rotatable bonds is 30. The molecule has 0 aromatic heterocycles. The summed E-state index contributed by atoms with van der Waals surface area (Å²) in [5.41, 5.74) is 5.72. The summed E-state index contributed by atoms with van der Waals surface area (Å²) in [6, 6.07) is 0. The predicted molar refractivity (Wildman–Crippen MR) is 161 cm³/mol. The standard InChI is InChI=1S/C33H65NO4/c1-3-5-7-9-11-13-14-15-16-17-18-20-21-23-25-27-32(35)37-30-31(29-34)38-33(36)28-26-24-22-19-12-10-8-6-4-2/h31H,3-30,34H2,1-2H3. The first-order valence-electron chi connectivity index (χ1n) is 16.7. The summed E-state index contributed by atoms with van der Waals surface area (Å²) in [6.45, 7) is 4.75. The fraction of sp³-hybridized carbons (Fsp3) is 0.939. The molecule has 0 rings (SSSR count). The van der Waals surface area contributed by atoms with Gasteiger partial charge in [-0.05, 0) is 12.8 Å². The molecule has 0 aromatic rings. The predicted octanol–water partition coefficient (Wildman–Crippen LogP) is 9.58. The first-order chi connectivity index (χ1) is 18.6. The van der Waals surface area contributed by atoms with Crippen LogP contribution in [0.25, 0.3) is 0 Å². The second-order valence-corrected chi connectivity index (χ2v) is 11.3. The molecule has 5 nitrogen and oxygen atoms in total. The van der Waals surface area contributed by atoms with E-state index in [0.717, 1.165) is 25.7 Å². The summed E-state index contributed by atoms with van der Waals surface area (Å²) >= 11 is 0. The number of nitrogens with two attached hydrogens (primary N) is 1. The fourth-order valence-electron chi connectivity index (χ4n) is 4.87. The quantitative estimate of drug-likeness (QED) is 0.0726. The van der Waals surface area contributed by atoms with Crippen molar-refractivity contribution < 1.29 is 19.1 Å². The maximum Gasteiger partial charge on any atom is 0.306 e. The SMILES string of the molecule is CCCCCCCCCCCCCCCCCC(=O)OCC(CN)OC(=O)CCCCCCCCCCC. The van der Waals surface area contributed by atoms with Gasteiger partial charge in [-0.25, -0.2) is 0 Å². The van der Waals surface area contributed by atoms with Crippen LogP contribution < -0.4 is 5.73 Å². The lowest BCUT2D eigenvalue weighted by molar-refractivity contribution is -0.158. The minimum absolute atomic E-state index is 0.0670. The summed E-state index contributed by atoms with van der Waals surface area (Å²) in [4.78, 5) is 24.1. The lowest BCUT2D eigenvalue weighted by atomic mass is 10.0. The van der Waals surface area contributed by atoms with Crippen LogP contribution in [-0.4, -0.2) is 31.2 Å². The van der Waals surface area contributed by atoms with E-state index in [9.17, 15) is 9.59 Å². The molecule has 0 saturated carbocycles. The number of hydrogen-bond donors (Lipinski definition) is 1. The maximum absolute atomic E-state index is 12.1. The minimum atomic E-state index is -0.536. The molecule has 0 radical (unpaired) electrons. The smallest absolute Gasteiger partial charge is 0.306 e. The maximum atomic E-state index is 12.1. The van der Waals surface area contributed by atoms with E-state index in [1.165, 1.54) is 128 Å². The fourth-order valence-corrected chi connectivity index (χ4v) is 4.87. The lowest BCUT2D eigenvalue weighted by Gasteiger charge is -2.16. The topological polar surface area (TPSA) is 78.6 Å². The van der Waals surface area contributed by atoms with Crippen molar-refractivity contribution >= 4 is 11.9 Å². The highest BCUT2D eigenvalue weighted by Gasteiger charge is 2.15. The lowest BCUT2D eigenvalue weighted by Crippen LogP contribution is -2.32. The minimum Gasteiger partial charge on any atom is -0.462 e. The Morgan fingerprint density at radius 1 is 0.500 bits per heavy atom. The molecule has 0 heterocycles. The van der Waals surface area contributed by atoms with E-state index in [2.05, 4.69) is 13.8 Å². The van der Waals surface area contributed by atoms with Gasteiger partial charge in [-0.3, -0.25) is 9.59 Å². The third kappa shape index (κ3) is 27.9. The number of carbonyl (C=O) groups excluding carboxylic acids is 2. The van der Waals surface area contributed by atoms with Gasteiger partial charge in [0.1, 0.15) is 12.7 Å². The van der Waals surface area contributed by atoms with Crippen molar-refractivity contribution in [3.05, 3.63) is 0 Å². The van der Waals surface area contributed by atoms with Crippen LogP contribution in [0.1, 0.15) is 181 Å². The van der Waals surface area contributed by atoms with Gasteiger partial charge in [-0.1, -0.05) is 155 Å². The van der Waals surface area contributed by atoms with E-state index < -0.39 is 6.10 Å². The van der Waals surface area contributed by atoms with Gasteiger partial charge in [0, 0.05) is 19.4 Å². The molecular weight excluding hydrogens is 474 g/mol. The normalized spacial score (nSPS) is 12.0. The highest BCUT2D eigenvalue weighted by Crippen LogP contribution is 2.14. The van der Waals surface area contributed by atoms with E-state index >= 15 is 0 Å². The van der Waals surface area contributed by atoms with Crippen molar-refractivity contribution in [3.8, 4) is 0 Å². The van der Waals surface area contributed by atoms with Gasteiger partial charge >= 0.3 is 11.9 Å². The molecule has 0 spiro atoms. The monoisotopic (exact) mass is 539 g/mol. The van der Waals surface area contributed by atoms with Crippen molar-refractivity contribution in [3.63, 3.8) is 0 Å². The Bertz CT molecular complexity index is 511. The molecule has 0 aromatic carbocycles. The first-order valence-corrected chi connectivity index (χ1v) is 16.7. The number of unbranched alkanes of at least 4 members (excludes halogenated alkanes) is 22. The van der Waals surface area contributed by atoms with Crippen LogP contribution in [0.3, 0.4) is 0 Å². The van der Waals surface area contributed by atoms with Crippen LogP contribution in [0.15, 0.2) is 0 Å². The average molecular weight is 540 g/mol. The van der Waals surface area contributed by atoms with Gasteiger partial charge in [0.15, 0.2) is 0 Å². The molecule has 226 valence electrons. The highest BCUT2D eigenvalue weighted by molar-refractivity contribution is 5.70. The Kier molecular flexibility index (Phi) is 29.6. The highest BCUT2D eigenvalue weighted by atomic mass is 16.6. The van der Waals surface area contributed by atoms with Crippen molar-refractivity contribution in [1.29, 1.82) is 0 Å². The molecule has 0 fully saturated rings. The van der Waals surface area contributed by atoms with Crippen LogP contribution >= 0.6 is 0 Å². The third-order valence-electron chi connectivity index (χ3n) is 7.46. The second kappa shape index (κ2) is 30.4.